The number of benzene rings is 3. The highest BCUT2D eigenvalue weighted by Gasteiger charge is 2.41. The van der Waals surface area contributed by atoms with Crippen molar-refractivity contribution < 1.29 is 18.4 Å². The number of nitrogens with one attached hydrogen (secondary N) is 1. The van der Waals surface area contributed by atoms with Crippen molar-refractivity contribution in [1.82, 2.24) is 0 Å². The maximum atomic E-state index is 13.8. The smallest absolute Gasteiger partial charge is 0.282 e. The van der Waals surface area contributed by atoms with E-state index in [2.05, 4.69) is 5.32 Å². The highest BCUT2D eigenvalue weighted by atomic mass is 19.2. The molecule has 6 heteroatoms. The molecule has 0 fully saturated rings. The summed E-state index contributed by atoms with van der Waals surface area (Å²) in [6.45, 7) is 7.64. The third kappa shape index (κ3) is 3.68. The highest BCUT2D eigenvalue weighted by Crippen LogP contribution is 2.36. The lowest BCUT2D eigenvalue weighted by Gasteiger charge is -2.18. The van der Waals surface area contributed by atoms with E-state index in [0.717, 1.165) is 39.3 Å². The number of hydrogen-bond donors (Lipinski definition) is 1. The van der Waals surface area contributed by atoms with E-state index in [4.69, 9.17) is 0 Å². The minimum atomic E-state index is -1.05. The molecule has 3 aromatic carbocycles. The summed E-state index contributed by atoms with van der Waals surface area (Å²) in [6.07, 6.45) is 0. The van der Waals surface area contributed by atoms with Gasteiger partial charge in [0.15, 0.2) is 11.6 Å². The first kappa shape index (κ1) is 21.4. The monoisotopic (exact) mass is 432 g/mol. The van der Waals surface area contributed by atoms with E-state index in [1.807, 2.05) is 52.0 Å². The molecular weight excluding hydrogens is 410 g/mol. The number of carbonyl (C=O) groups excluding carboxylic acids is 2. The lowest BCUT2D eigenvalue weighted by atomic mass is 9.99. The van der Waals surface area contributed by atoms with Crippen molar-refractivity contribution in [2.45, 2.75) is 27.7 Å². The van der Waals surface area contributed by atoms with Crippen molar-refractivity contribution in [2.24, 2.45) is 0 Å². The summed E-state index contributed by atoms with van der Waals surface area (Å²) in [4.78, 5) is 28.1. The molecule has 0 saturated carbocycles. The fourth-order valence-corrected chi connectivity index (χ4v) is 3.80. The molecule has 1 aliphatic heterocycles. The number of anilines is 2. The quantitative estimate of drug-likeness (QED) is 0.547. The molecule has 1 heterocycles. The lowest BCUT2D eigenvalue weighted by Crippen LogP contribution is -2.33. The van der Waals surface area contributed by atoms with Crippen molar-refractivity contribution in [2.75, 3.05) is 10.2 Å². The van der Waals surface area contributed by atoms with Gasteiger partial charge in [-0.2, -0.15) is 0 Å². The standard InChI is InChI=1S/C26H22F2N2O2/c1-14-5-10-22(17(4)11-14)30-25(31)23(18-7-6-15(2)16(3)12-18)24(26(30)32)29-19-8-9-20(27)21(28)13-19/h5-13,29H,1-4H3. The normalized spacial score (nSPS) is 13.9. The second-order valence-corrected chi connectivity index (χ2v) is 8.04. The first-order valence-corrected chi connectivity index (χ1v) is 10.2. The van der Waals surface area contributed by atoms with Gasteiger partial charge < -0.3 is 5.32 Å². The summed E-state index contributed by atoms with van der Waals surface area (Å²) in [7, 11) is 0. The Labute approximate surface area is 185 Å². The number of imide groups is 1. The Kier molecular flexibility index (Phi) is 5.38. The van der Waals surface area contributed by atoms with Gasteiger partial charge in [-0.1, -0.05) is 35.9 Å². The average molecular weight is 432 g/mol. The molecule has 3 aromatic rings. The number of hydrogen-bond acceptors (Lipinski definition) is 3. The van der Waals surface area contributed by atoms with Crippen LogP contribution in [0.3, 0.4) is 0 Å². The van der Waals surface area contributed by atoms with E-state index in [-0.39, 0.29) is 17.0 Å². The summed E-state index contributed by atoms with van der Waals surface area (Å²) in [6, 6.07) is 14.2. The summed E-state index contributed by atoms with van der Waals surface area (Å²) >= 11 is 0. The molecule has 0 bridgehead atoms. The van der Waals surface area contributed by atoms with Crippen molar-refractivity contribution in [1.29, 1.82) is 0 Å². The maximum Gasteiger partial charge on any atom is 0.282 e. The third-order valence-electron chi connectivity index (χ3n) is 5.66. The van der Waals surface area contributed by atoms with Crippen LogP contribution in [0.4, 0.5) is 20.2 Å². The number of carbonyl (C=O) groups is 2. The van der Waals surface area contributed by atoms with Crippen molar-refractivity contribution in [3.05, 3.63) is 99.7 Å². The van der Waals surface area contributed by atoms with Gasteiger partial charge in [0.25, 0.3) is 11.8 Å². The van der Waals surface area contributed by atoms with Gasteiger partial charge in [-0.15, -0.1) is 0 Å². The Bertz CT molecular complexity index is 1310. The molecule has 4 nitrogen and oxygen atoms in total. The van der Waals surface area contributed by atoms with Crippen LogP contribution in [0, 0.1) is 39.3 Å². The molecule has 4 rings (SSSR count). The molecule has 0 saturated heterocycles. The van der Waals surface area contributed by atoms with Gasteiger partial charge in [-0.05, 0) is 68.1 Å². The predicted molar refractivity (Wildman–Crippen MR) is 121 cm³/mol. The largest absolute Gasteiger partial charge is 0.350 e. The SMILES string of the molecule is Cc1ccc(N2C(=O)C(Nc3ccc(F)c(F)c3)=C(c3ccc(C)c(C)c3)C2=O)c(C)c1. The Morgan fingerprint density at radius 1 is 0.719 bits per heavy atom. The van der Waals surface area contributed by atoms with Crippen LogP contribution >= 0.6 is 0 Å². The van der Waals surface area contributed by atoms with Crippen LogP contribution in [-0.4, -0.2) is 11.8 Å². The Balaban J connectivity index is 1.87. The molecule has 0 unspecified atom stereocenters. The van der Waals surface area contributed by atoms with Gasteiger partial charge in [0, 0.05) is 11.8 Å². The fourth-order valence-electron chi connectivity index (χ4n) is 3.80. The first-order chi connectivity index (χ1) is 15.2. The van der Waals surface area contributed by atoms with E-state index >= 15 is 0 Å². The van der Waals surface area contributed by atoms with Crippen LogP contribution in [-0.2, 0) is 9.59 Å². The van der Waals surface area contributed by atoms with Gasteiger partial charge in [0.1, 0.15) is 5.70 Å². The molecule has 0 spiro atoms. The van der Waals surface area contributed by atoms with Crippen molar-refractivity contribution in [3.8, 4) is 0 Å². The van der Waals surface area contributed by atoms with Crippen molar-refractivity contribution >= 4 is 28.8 Å². The first-order valence-electron chi connectivity index (χ1n) is 10.2. The Morgan fingerprint density at radius 3 is 2.12 bits per heavy atom. The molecule has 0 aromatic heterocycles. The molecule has 0 atom stereocenters. The number of nitrogens with zero attached hydrogens (tertiary/aromatic N) is 1. The van der Waals surface area contributed by atoms with Gasteiger partial charge in [-0.3, -0.25) is 9.59 Å². The van der Waals surface area contributed by atoms with Gasteiger partial charge >= 0.3 is 0 Å². The zero-order valence-electron chi connectivity index (χ0n) is 18.2. The van der Waals surface area contributed by atoms with E-state index in [9.17, 15) is 18.4 Å². The maximum absolute atomic E-state index is 13.8. The minimum absolute atomic E-state index is 0.0178. The van der Waals surface area contributed by atoms with Gasteiger partial charge in [0.2, 0.25) is 0 Å². The van der Waals surface area contributed by atoms with Crippen LogP contribution in [0.25, 0.3) is 5.57 Å². The summed E-state index contributed by atoms with van der Waals surface area (Å²) in [5, 5.41) is 2.86. The fraction of sp³-hybridized carbons (Fsp3) is 0.154. The van der Waals surface area contributed by atoms with Crippen LogP contribution in [0.1, 0.15) is 27.8 Å². The van der Waals surface area contributed by atoms with E-state index < -0.39 is 23.4 Å². The number of rotatable bonds is 4. The summed E-state index contributed by atoms with van der Waals surface area (Å²) < 4.78 is 27.2. The molecule has 32 heavy (non-hydrogen) atoms. The number of halogens is 2. The Hall–Kier alpha value is -3.80. The minimum Gasteiger partial charge on any atom is -0.350 e. The molecule has 0 aliphatic carbocycles. The zero-order chi connectivity index (χ0) is 23.2. The zero-order valence-corrected chi connectivity index (χ0v) is 18.2. The second-order valence-electron chi connectivity index (χ2n) is 8.04. The van der Waals surface area contributed by atoms with E-state index in [0.29, 0.717) is 11.3 Å². The van der Waals surface area contributed by atoms with E-state index in [1.54, 1.807) is 12.1 Å². The molecule has 162 valence electrons. The topological polar surface area (TPSA) is 49.4 Å². The van der Waals surface area contributed by atoms with Gasteiger partial charge in [0.05, 0.1) is 11.3 Å². The third-order valence-corrected chi connectivity index (χ3v) is 5.66. The molecule has 1 aliphatic rings. The highest BCUT2D eigenvalue weighted by molar-refractivity contribution is 6.46. The lowest BCUT2D eigenvalue weighted by molar-refractivity contribution is -0.120. The molecule has 2 amide bonds. The number of aryl methyl sites for hydroxylation is 4. The summed E-state index contributed by atoms with van der Waals surface area (Å²) in [5.74, 6) is -3.08. The second kappa shape index (κ2) is 8.04. The Morgan fingerprint density at radius 2 is 1.47 bits per heavy atom. The van der Waals surface area contributed by atoms with E-state index in [1.165, 1.54) is 6.07 Å². The number of amides is 2. The molecular formula is C26H22F2N2O2. The van der Waals surface area contributed by atoms with Crippen LogP contribution in [0.2, 0.25) is 0 Å². The summed E-state index contributed by atoms with van der Waals surface area (Å²) in [5.41, 5.74) is 5.22. The average Bonchev–Trinajstić information content (AvgIpc) is 2.97. The van der Waals surface area contributed by atoms with Gasteiger partial charge in [-0.25, -0.2) is 13.7 Å². The molecule has 0 radical (unpaired) electrons. The molecule has 1 N–H and O–H groups in total. The van der Waals surface area contributed by atoms with Crippen LogP contribution in [0.15, 0.2) is 60.3 Å². The van der Waals surface area contributed by atoms with Crippen LogP contribution in [0.5, 0.6) is 0 Å². The van der Waals surface area contributed by atoms with Crippen molar-refractivity contribution in [3.63, 3.8) is 0 Å². The van der Waals surface area contributed by atoms with Crippen LogP contribution < -0.4 is 10.2 Å². The predicted octanol–water partition coefficient (Wildman–Crippen LogP) is 5.60.